The van der Waals surface area contributed by atoms with E-state index < -0.39 is 6.10 Å². The van der Waals surface area contributed by atoms with Crippen LogP contribution in [0.1, 0.15) is 24.5 Å². The predicted molar refractivity (Wildman–Crippen MR) is 72.8 cm³/mol. The van der Waals surface area contributed by atoms with Crippen LogP contribution in [-0.2, 0) is 4.79 Å². The van der Waals surface area contributed by atoms with Crippen molar-refractivity contribution in [3.63, 3.8) is 0 Å². The molecule has 0 radical (unpaired) electrons. The summed E-state index contributed by atoms with van der Waals surface area (Å²) < 4.78 is 0.995. The van der Waals surface area contributed by atoms with Crippen LogP contribution in [0.3, 0.4) is 0 Å². The molecule has 0 bridgehead atoms. The van der Waals surface area contributed by atoms with Crippen LogP contribution in [0.5, 0.6) is 0 Å². The molecule has 2 rings (SSSR count). The van der Waals surface area contributed by atoms with E-state index in [1.165, 1.54) is 0 Å². The number of nitrogens with one attached hydrogen (secondary N) is 1. The number of halogens is 1. The second kappa shape index (κ2) is 5.82. The highest BCUT2D eigenvalue weighted by molar-refractivity contribution is 9.10. The predicted octanol–water partition coefficient (Wildman–Crippen LogP) is 1.34. The summed E-state index contributed by atoms with van der Waals surface area (Å²) >= 11 is 3.36. The maximum Gasteiger partial charge on any atom is 0.220 e. The largest absolute Gasteiger partial charge is 0.387 e. The molecule has 1 fully saturated rings. The molecule has 1 atom stereocenters. The molecule has 0 spiro atoms. The SMILES string of the molecule is NC(=O)C1CC(NC[C@H](O)c2ccc(Br)cc2)C1. The quantitative estimate of drug-likeness (QED) is 0.768. The van der Waals surface area contributed by atoms with Crippen molar-refractivity contribution in [2.75, 3.05) is 6.54 Å². The average Bonchev–Trinajstić information content (AvgIpc) is 2.27. The van der Waals surface area contributed by atoms with Gasteiger partial charge < -0.3 is 16.2 Å². The van der Waals surface area contributed by atoms with Gasteiger partial charge in [-0.05, 0) is 30.5 Å². The molecule has 18 heavy (non-hydrogen) atoms. The Morgan fingerprint density at radius 1 is 1.44 bits per heavy atom. The maximum atomic E-state index is 10.9. The highest BCUT2D eigenvalue weighted by Crippen LogP contribution is 2.27. The Morgan fingerprint density at radius 2 is 2.06 bits per heavy atom. The van der Waals surface area contributed by atoms with Crippen LogP contribution in [-0.4, -0.2) is 23.6 Å². The minimum absolute atomic E-state index is 0.00678. The zero-order valence-corrected chi connectivity index (χ0v) is 11.6. The van der Waals surface area contributed by atoms with E-state index >= 15 is 0 Å². The lowest BCUT2D eigenvalue weighted by Crippen LogP contribution is -2.47. The first-order chi connectivity index (χ1) is 8.56. The molecule has 0 unspecified atom stereocenters. The van der Waals surface area contributed by atoms with E-state index in [4.69, 9.17) is 5.73 Å². The second-order valence-corrected chi connectivity index (χ2v) is 5.66. The smallest absolute Gasteiger partial charge is 0.220 e. The Kier molecular flexibility index (Phi) is 4.37. The summed E-state index contributed by atoms with van der Waals surface area (Å²) in [4.78, 5) is 10.9. The topological polar surface area (TPSA) is 75.4 Å². The van der Waals surface area contributed by atoms with E-state index in [1.54, 1.807) is 0 Å². The van der Waals surface area contributed by atoms with Crippen LogP contribution < -0.4 is 11.1 Å². The molecule has 1 amide bonds. The average molecular weight is 313 g/mol. The van der Waals surface area contributed by atoms with Gasteiger partial charge in [0.1, 0.15) is 0 Å². The van der Waals surface area contributed by atoms with Crippen LogP contribution in [0.4, 0.5) is 0 Å². The Balaban J connectivity index is 1.74. The maximum absolute atomic E-state index is 10.9. The van der Waals surface area contributed by atoms with Crippen LogP contribution in [0.2, 0.25) is 0 Å². The zero-order chi connectivity index (χ0) is 13.1. The molecular formula is C13H17BrN2O2. The summed E-state index contributed by atoms with van der Waals surface area (Å²) in [5.41, 5.74) is 6.09. The molecule has 0 aromatic heterocycles. The van der Waals surface area contributed by atoms with Gasteiger partial charge in [0, 0.05) is 23.0 Å². The van der Waals surface area contributed by atoms with Crippen molar-refractivity contribution in [1.82, 2.24) is 5.32 Å². The fourth-order valence-corrected chi connectivity index (χ4v) is 2.36. The van der Waals surface area contributed by atoms with Gasteiger partial charge in [0.15, 0.2) is 0 Å². The third kappa shape index (κ3) is 3.31. The number of hydrogen-bond acceptors (Lipinski definition) is 3. The molecule has 1 saturated carbocycles. The Morgan fingerprint density at radius 3 is 2.61 bits per heavy atom. The van der Waals surface area contributed by atoms with Crippen LogP contribution in [0.25, 0.3) is 0 Å². The van der Waals surface area contributed by atoms with Gasteiger partial charge in [0.2, 0.25) is 5.91 Å². The van der Waals surface area contributed by atoms with Gasteiger partial charge in [0.05, 0.1) is 6.10 Å². The van der Waals surface area contributed by atoms with E-state index in [1.807, 2.05) is 24.3 Å². The number of carbonyl (C=O) groups excluding carboxylic acids is 1. The molecule has 4 N–H and O–H groups in total. The lowest BCUT2D eigenvalue weighted by molar-refractivity contribution is -0.124. The van der Waals surface area contributed by atoms with E-state index in [2.05, 4.69) is 21.2 Å². The van der Waals surface area contributed by atoms with Crippen molar-refractivity contribution in [2.45, 2.75) is 25.0 Å². The Bertz CT molecular complexity index is 416. The van der Waals surface area contributed by atoms with Crippen molar-refractivity contribution < 1.29 is 9.90 Å². The number of aliphatic hydroxyl groups is 1. The number of nitrogens with two attached hydrogens (primary N) is 1. The first-order valence-corrected chi connectivity index (χ1v) is 6.82. The van der Waals surface area contributed by atoms with Crippen LogP contribution >= 0.6 is 15.9 Å². The van der Waals surface area contributed by atoms with Gasteiger partial charge in [-0.1, -0.05) is 28.1 Å². The van der Waals surface area contributed by atoms with Crippen molar-refractivity contribution >= 4 is 21.8 Å². The van der Waals surface area contributed by atoms with Crippen molar-refractivity contribution in [3.8, 4) is 0 Å². The van der Waals surface area contributed by atoms with E-state index in [0.717, 1.165) is 22.9 Å². The first-order valence-electron chi connectivity index (χ1n) is 6.02. The van der Waals surface area contributed by atoms with E-state index in [0.29, 0.717) is 12.6 Å². The number of aliphatic hydroxyl groups excluding tert-OH is 1. The molecule has 4 nitrogen and oxygen atoms in total. The molecule has 5 heteroatoms. The summed E-state index contributed by atoms with van der Waals surface area (Å²) in [7, 11) is 0. The summed E-state index contributed by atoms with van der Waals surface area (Å²) in [6.07, 6.45) is 1.04. The first kappa shape index (κ1) is 13.5. The van der Waals surface area contributed by atoms with Gasteiger partial charge in [0.25, 0.3) is 0 Å². The monoisotopic (exact) mass is 312 g/mol. The molecular weight excluding hydrogens is 296 g/mol. The lowest BCUT2D eigenvalue weighted by atomic mass is 9.80. The zero-order valence-electron chi connectivity index (χ0n) is 9.97. The highest BCUT2D eigenvalue weighted by Gasteiger charge is 2.32. The fraction of sp³-hybridized carbons (Fsp3) is 0.462. The van der Waals surface area contributed by atoms with Crippen LogP contribution in [0, 0.1) is 5.92 Å². The van der Waals surface area contributed by atoms with Gasteiger partial charge in [-0.2, -0.15) is 0 Å². The molecule has 98 valence electrons. The molecule has 1 aliphatic carbocycles. The number of rotatable bonds is 5. The third-order valence-corrected chi connectivity index (χ3v) is 3.92. The molecule has 1 aromatic rings. The minimum atomic E-state index is -0.522. The summed E-state index contributed by atoms with van der Waals surface area (Å²) in [5, 5.41) is 13.2. The van der Waals surface area contributed by atoms with E-state index in [9.17, 15) is 9.90 Å². The van der Waals surface area contributed by atoms with Gasteiger partial charge in [-0.3, -0.25) is 4.79 Å². The van der Waals surface area contributed by atoms with E-state index in [-0.39, 0.29) is 11.8 Å². The normalized spacial score (nSPS) is 24.3. The lowest BCUT2D eigenvalue weighted by Gasteiger charge is -2.34. The van der Waals surface area contributed by atoms with Gasteiger partial charge in [-0.25, -0.2) is 0 Å². The fourth-order valence-electron chi connectivity index (χ4n) is 2.10. The highest BCUT2D eigenvalue weighted by atomic mass is 79.9. The molecule has 1 aliphatic rings. The third-order valence-electron chi connectivity index (χ3n) is 3.40. The van der Waals surface area contributed by atoms with Gasteiger partial charge >= 0.3 is 0 Å². The molecule has 1 aromatic carbocycles. The van der Waals surface area contributed by atoms with Crippen molar-refractivity contribution in [2.24, 2.45) is 11.7 Å². The Hall–Kier alpha value is -0.910. The molecule has 0 aliphatic heterocycles. The number of hydrogen-bond donors (Lipinski definition) is 3. The summed E-state index contributed by atoms with van der Waals surface area (Å²) in [5.74, 6) is -0.214. The molecule has 0 saturated heterocycles. The number of carbonyl (C=O) groups is 1. The summed E-state index contributed by atoms with van der Waals surface area (Å²) in [6, 6.07) is 7.90. The molecule has 0 heterocycles. The number of primary amides is 1. The number of benzene rings is 1. The minimum Gasteiger partial charge on any atom is -0.387 e. The standard InChI is InChI=1S/C13H17BrN2O2/c14-10-3-1-8(2-4-10)12(17)7-16-11-5-9(6-11)13(15)18/h1-4,9,11-12,16-17H,5-7H2,(H2,15,18)/t9?,11?,12-/m0/s1. The number of amides is 1. The van der Waals surface area contributed by atoms with Crippen molar-refractivity contribution in [1.29, 1.82) is 0 Å². The van der Waals surface area contributed by atoms with Gasteiger partial charge in [-0.15, -0.1) is 0 Å². The Labute approximate surface area is 115 Å². The van der Waals surface area contributed by atoms with Crippen molar-refractivity contribution in [3.05, 3.63) is 34.3 Å². The second-order valence-electron chi connectivity index (χ2n) is 4.74. The summed E-state index contributed by atoms with van der Waals surface area (Å²) in [6.45, 7) is 0.498. The van der Waals surface area contributed by atoms with Crippen LogP contribution in [0.15, 0.2) is 28.7 Å².